The first-order valence-electron chi connectivity index (χ1n) is 7.97. The average Bonchev–Trinajstić information content (AvgIpc) is 2.83. The second kappa shape index (κ2) is 4.77. The molecule has 1 aromatic heterocycles. The van der Waals surface area contributed by atoms with Crippen molar-refractivity contribution in [2.24, 2.45) is 0 Å². The third kappa shape index (κ3) is 1.77. The standard InChI is InChI=1S/C20H21N/c1-3-17-14(2)21-19(15-8-5-4-6-9-15)13-12-16-10-7-11-18(17)20(16)21/h4-11,19H,3,12-13H2,1-2H3. The molecule has 106 valence electrons. The van der Waals surface area contributed by atoms with Gasteiger partial charge in [0, 0.05) is 11.1 Å². The number of aromatic nitrogens is 1. The van der Waals surface area contributed by atoms with Crippen LogP contribution in [-0.4, -0.2) is 4.57 Å². The molecule has 1 aliphatic heterocycles. The van der Waals surface area contributed by atoms with Crippen LogP contribution in [0, 0.1) is 6.92 Å². The molecule has 0 aliphatic carbocycles. The molecular weight excluding hydrogens is 254 g/mol. The molecule has 0 spiro atoms. The molecule has 2 aromatic carbocycles. The van der Waals surface area contributed by atoms with Crippen molar-refractivity contribution in [2.45, 2.75) is 39.2 Å². The van der Waals surface area contributed by atoms with Crippen LogP contribution in [0.2, 0.25) is 0 Å². The molecule has 0 saturated carbocycles. The molecule has 0 radical (unpaired) electrons. The highest BCUT2D eigenvalue weighted by molar-refractivity contribution is 5.89. The number of rotatable bonds is 2. The van der Waals surface area contributed by atoms with Crippen LogP contribution in [-0.2, 0) is 12.8 Å². The van der Waals surface area contributed by atoms with E-state index in [0.717, 1.165) is 6.42 Å². The Morgan fingerprint density at radius 1 is 1.05 bits per heavy atom. The Hall–Kier alpha value is -2.02. The van der Waals surface area contributed by atoms with Crippen LogP contribution < -0.4 is 0 Å². The lowest BCUT2D eigenvalue weighted by Gasteiger charge is -2.28. The van der Waals surface area contributed by atoms with Gasteiger partial charge in [0.1, 0.15) is 0 Å². The summed E-state index contributed by atoms with van der Waals surface area (Å²) >= 11 is 0. The summed E-state index contributed by atoms with van der Waals surface area (Å²) in [5.74, 6) is 0. The molecule has 21 heavy (non-hydrogen) atoms. The number of hydrogen-bond donors (Lipinski definition) is 0. The number of benzene rings is 2. The zero-order valence-corrected chi connectivity index (χ0v) is 12.8. The maximum Gasteiger partial charge on any atom is 0.0591 e. The van der Waals surface area contributed by atoms with Crippen LogP contribution in [0.5, 0.6) is 0 Å². The zero-order valence-electron chi connectivity index (χ0n) is 12.8. The van der Waals surface area contributed by atoms with Crippen LogP contribution >= 0.6 is 0 Å². The third-order valence-electron chi connectivity index (χ3n) is 5.02. The van der Waals surface area contributed by atoms with E-state index in [1.54, 1.807) is 0 Å². The van der Waals surface area contributed by atoms with Gasteiger partial charge in [-0.25, -0.2) is 0 Å². The SMILES string of the molecule is CCc1c(C)n2c3c(cccc13)CCC2c1ccccc1. The van der Waals surface area contributed by atoms with Gasteiger partial charge in [-0.3, -0.25) is 0 Å². The zero-order chi connectivity index (χ0) is 14.4. The lowest BCUT2D eigenvalue weighted by Crippen LogP contribution is -2.18. The van der Waals surface area contributed by atoms with Crippen molar-refractivity contribution in [1.29, 1.82) is 0 Å². The Bertz CT molecular complexity index is 796. The quantitative estimate of drug-likeness (QED) is 0.617. The molecule has 2 heterocycles. The second-order valence-electron chi connectivity index (χ2n) is 6.07. The van der Waals surface area contributed by atoms with Gasteiger partial charge in [0.15, 0.2) is 0 Å². The van der Waals surface area contributed by atoms with Crippen molar-refractivity contribution in [3.05, 3.63) is 70.9 Å². The summed E-state index contributed by atoms with van der Waals surface area (Å²) in [6.45, 7) is 4.57. The predicted octanol–water partition coefficient (Wildman–Crippen LogP) is 5.05. The van der Waals surface area contributed by atoms with Gasteiger partial charge in [0.2, 0.25) is 0 Å². The van der Waals surface area contributed by atoms with E-state index in [9.17, 15) is 0 Å². The monoisotopic (exact) mass is 275 g/mol. The van der Waals surface area contributed by atoms with Crippen LogP contribution in [0.15, 0.2) is 48.5 Å². The van der Waals surface area contributed by atoms with E-state index in [0.29, 0.717) is 6.04 Å². The molecule has 1 aliphatic rings. The topological polar surface area (TPSA) is 4.93 Å². The smallest absolute Gasteiger partial charge is 0.0591 e. The van der Waals surface area contributed by atoms with Crippen molar-refractivity contribution in [3.8, 4) is 0 Å². The van der Waals surface area contributed by atoms with Crippen molar-refractivity contribution >= 4 is 10.9 Å². The predicted molar refractivity (Wildman–Crippen MR) is 89.0 cm³/mol. The van der Waals surface area contributed by atoms with E-state index < -0.39 is 0 Å². The Balaban J connectivity index is 2.03. The van der Waals surface area contributed by atoms with E-state index >= 15 is 0 Å². The third-order valence-corrected chi connectivity index (χ3v) is 5.02. The highest BCUT2D eigenvalue weighted by atomic mass is 15.0. The van der Waals surface area contributed by atoms with Crippen LogP contribution in [0.4, 0.5) is 0 Å². The van der Waals surface area contributed by atoms with E-state index in [2.05, 4.69) is 66.9 Å². The van der Waals surface area contributed by atoms with Crippen molar-refractivity contribution in [1.82, 2.24) is 4.57 Å². The summed E-state index contributed by atoms with van der Waals surface area (Å²) < 4.78 is 2.60. The molecular formula is C20H21N. The molecule has 0 N–H and O–H groups in total. The molecule has 4 rings (SSSR count). The maximum absolute atomic E-state index is 2.60. The molecule has 3 aromatic rings. The molecule has 0 fully saturated rings. The summed E-state index contributed by atoms with van der Waals surface area (Å²) in [6.07, 6.45) is 3.50. The molecule has 1 atom stereocenters. The molecule has 0 amide bonds. The molecule has 0 bridgehead atoms. The minimum atomic E-state index is 0.490. The normalized spacial score (nSPS) is 17.3. The maximum atomic E-state index is 2.60. The highest BCUT2D eigenvalue weighted by Gasteiger charge is 2.26. The van der Waals surface area contributed by atoms with Gasteiger partial charge in [-0.15, -0.1) is 0 Å². The Kier molecular flexibility index (Phi) is 2.88. The highest BCUT2D eigenvalue weighted by Crippen LogP contribution is 2.39. The van der Waals surface area contributed by atoms with Gasteiger partial charge in [0.05, 0.1) is 11.6 Å². The van der Waals surface area contributed by atoms with E-state index in [-0.39, 0.29) is 0 Å². The van der Waals surface area contributed by atoms with Crippen LogP contribution in [0.1, 0.15) is 41.8 Å². The first-order chi connectivity index (χ1) is 10.3. The minimum absolute atomic E-state index is 0.490. The van der Waals surface area contributed by atoms with Crippen molar-refractivity contribution in [2.75, 3.05) is 0 Å². The minimum Gasteiger partial charge on any atom is -0.337 e. The van der Waals surface area contributed by atoms with E-state index in [1.807, 2.05) is 0 Å². The first kappa shape index (κ1) is 12.7. The lowest BCUT2D eigenvalue weighted by molar-refractivity contribution is 0.525. The fourth-order valence-electron chi connectivity index (χ4n) is 4.08. The van der Waals surface area contributed by atoms with Gasteiger partial charge in [0.25, 0.3) is 0 Å². The number of aryl methyl sites for hydroxylation is 2. The van der Waals surface area contributed by atoms with Gasteiger partial charge < -0.3 is 4.57 Å². The lowest BCUT2D eigenvalue weighted by atomic mass is 9.94. The van der Waals surface area contributed by atoms with Gasteiger partial charge >= 0.3 is 0 Å². The summed E-state index contributed by atoms with van der Waals surface area (Å²) in [6, 6.07) is 18.3. The van der Waals surface area contributed by atoms with Gasteiger partial charge in [-0.05, 0) is 42.9 Å². The largest absolute Gasteiger partial charge is 0.337 e. The Morgan fingerprint density at radius 2 is 1.86 bits per heavy atom. The number of hydrogen-bond acceptors (Lipinski definition) is 0. The summed E-state index contributed by atoms with van der Waals surface area (Å²) in [7, 11) is 0. The van der Waals surface area contributed by atoms with E-state index in [1.165, 1.54) is 46.1 Å². The van der Waals surface area contributed by atoms with Gasteiger partial charge in [-0.2, -0.15) is 0 Å². The van der Waals surface area contributed by atoms with Crippen LogP contribution in [0.25, 0.3) is 10.9 Å². The summed E-state index contributed by atoms with van der Waals surface area (Å²) in [4.78, 5) is 0. The number of nitrogens with zero attached hydrogens (tertiary/aromatic N) is 1. The molecule has 1 nitrogen and oxygen atoms in total. The first-order valence-corrected chi connectivity index (χ1v) is 7.97. The average molecular weight is 275 g/mol. The van der Waals surface area contributed by atoms with E-state index in [4.69, 9.17) is 0 Å². The number of para-hydroxylation sites is 1. The molecule has 1 heteroatoms. The Labute approximate surface area is 126 Å². The fraction of sp³-hybridized carbons (Fsp3) is 0.300. The summed E-state index contributed by atoms with van der Waals surface area (Å²) in [5, 5.41) is 1.47. The van der Waals surface area contributed by atoms with Gasteiger partial charge in [-0.1, -0.05) is 55.5 Å². The molecule has 0 saturated heterocycles. The Morgan fingerprint density at radius 3 is 2.62 bits per heavy atom. The second-order valence-corrected chi connectivity index (χ2v) is 6.07. The van der Waals surface area contributed by atoms with Crippen LogP contribution in [0.3, 0.4) is 0 Å². The molecule has 1 unspecified atom stereocenters. The van der Waals surface area contributed by atoms with Crippen molar-refractivity contribution < 1.29 is 0 Å². The summed E-state index contributed by atoms with van der Waals surface area (Å²) in [5.41, 5.74) is 7.41. The van der Waals surface area contributed by atoms with Crippen molar-refractivity contribution in [3.63, 3.8) is 0 Å². The fourth-order valence-corrected chi connectivity index (χ4v) is 4.08.